The second-order valence-corrected chi connectivity index (χ2v) is 6.02. The molecule has 0 amide bonds. The average molecular weight is 260 g/mol. The van der Waals surface area contributed by atoms with Gasteiger partial charge in [0.2, 0.25) is 0 Å². The van der Waals surface area contributed by atoms with E-state index in [4.69, 9.17) is 9.90 Å². The Kier molecular flexibility index (Phi) is 33.9. The molecule has 2 N–H and O–H groups in total. The van der Waals surface area contributed by atoms with Gasteiger partial charge in [-0.15, -0.1) is 7.92 Å². The molecule has 0 aliphatic rings. The molecule has 0 saturated carbocycles. The largest absolute Gasteiger partial charge is 1.00 e. The minimum absolute atomic E-state index is 0. The monoisotopic (exact) mass is 260 g/mol. The standard InChI is InChI=1S/C9H21P.C2H4O2.Na.H2O/c1-4-7-10(8-5-2)9-6-3;1-2(3)4;;/h4-9H2,1-3H3;1H3,(H,3,4);;1H2/q;;+1;/p-1. The fraction of sp³-hybridized carbons (Fsp3) is 0.909. The van der Waals surface area contributed by atoms with Crippen molar-refractivity contribution < 1.29 is 44.9 Å². The van der Waals surface area contributed by atoms with Crippen LogP contribution in [0.15, 0.2) is 0 Å². The Bertz CT molecular complexity index is 116. The Morgan fingerprint density at radius 2 is 1.19 bits per heavy atom. The van der Waals surface area contributed by atoms with Gasteiger partial charge in [0.25, 0.3) is 0 Å². The first-order valence-electron chi connectivity index (χ1n) is 5.48. The van der Waals surface area contributed by atoms with Crippen LogP contribution in [0.5, 0.6) is 0 Å². The van der Waals surface area contributed by atoms with Crippen LogP contribution in [0.3, 0.4) is 0 Å². The molecule has 0 aromatic rings. The van der Waals surface area contributed by atoms with Crippen LogP contribution in [0.2, 0.25) is 0 Å². The minimum Gasteiger partial charge on any atom is -0.550 e. The zero-order valence-corrected chi connectivity index (χ0v) is 14.4. The number of rotatable bonds is 6. The maximum atomic E-state index is 8.89. The second kappa shape index (κ2) is 21.2. The van der Waals surface area contributed by atoms with Crippen molar-refractivity contribution in [2.24, 2.45) is 0 Å². The summed E-state index contributed by atoms with van der Waals surface area (Å²) in [5, 5.41) is 8.89. The van der Waals surface area contributed by atoms with E-state index in [-0.39, 0.29) is 35.0 Å². The van der Waals surface area contributed by atoms with E-state index in [1.54, 1.807) is 0 Å². The normalized spacial score (nSPS) is 8.31. The molecule has 3 nitrogen and oxygen atoms in total. The molecule has 0 atom stereocenters. The third-order valence-corrected chi connectivity index (χ3v) is 4.86. The van der Waals surface area contributed by atoms with Gasteiger partial charge in [0.15, 0.2) is 0 Å². The molecule has 0 unspecified atom stereocenters. The Labute approximate surface area is 124 Å². The molecule has 0 rings (SSSR count). The Balaban J connectivity index is -0.000000105. The summed E-state index contributed by atoms with van der Waals surface area (Å²) in [6, 6.07) is 0. The molecule has 0 aromatic heterocycles. The van der Waals surface area contributed by atoms with Gasteiger partial charge < -0.3 is 15.4 Å². The summed E-state index contributed by atoms with van der Waals surface area (Å²) in [5.41, 5.74) is 0. The Morgan fingerprint density at radius 1 is 1.00 bits per heavy atom. The van der Waals surface area contributed by atoms with Crippen LogP contribution < -0.4 is 34.7 Å². The van der Waals surface area contributed by atoms with E-state index in [0.29, 0.717) is 7.92 Å². The second-order valence-electron chi connectivity index (χ2n) is 3.33. The molecule has 0 saturated heterocycles. The van der Waals surface area contributed by atoms with E-state index >= 15 is 0 Å². The molecule has 0 heterocycles. The van der Waals surface area contributed by atoms with Crippen LogP contribution in [0.1, 0.15) is 47.0 Å². The van der Waals surface area contributed by atoms with E-state index < -0.39 is 5.97 Å². The molecular formula is C11H26NaO3P. The molecule has 0 bridgehead atoms. The van der Waals surface area contributed by atoms with Crippen LogP contribution >= 0.6 is 7.92 Å². The predicted octanol–water partition coefficient (Wildman–Crippen LogP) is -1.37. The van der Waals surface area contributed by atoms with Gasteiger partial charge in [0.1, 0.15) is 0 Å². The molecule has 16 heavy (non-hydrogen) atoms. The summed E-state index contributed by atoms with van der Waals surface area (Å²) in [7, 11) is 0.439. The first-order valence-corrected chi connectivity index (χ1v) is 7.38. The summed E-state index contributed by atoms with van der Waals surface area (Å²) in [6.45, 7) is 7.89. The first kappa shape index (κ1) is 25.6. The Hall–Kier alpha value is 0.860. The molecule has 5 heteroatoms. The van der Waals surface area contributed by atoms with Gasteiger partial charge in [0, 0.05) is 5.97 Å². The fourth-order valence-corrected chi connectivity index (χ4v) is 3.85. The molecular weight excluding hydrogens is 234 g/mol. The molecule has 0 aliphatic heterocycles. The average Bonchev–Trinajstić information content (AvgIpc) is 2.04. The summed E-state index contributed by atoms with van der Waals surface area (Å²) < 4.78 is 0. The van der Waals surface area contributed by atoms with Gasteiger partial charge in [-0.2, -0.15) is 0 Å². The molecule has 0 aliphatic carbocycles. The van der Waals surface area contributed by atoms with Gasteiger partial charge in [-0.1, -0.05) is 40.0 Å². The number of carboxylic acid groups (broad SMARTS) is 1. The van der Waals surface area contributed by atoms with Gasteiger partial charge in [-0.3, -0.25) is 0 Å². The molecule has 94 valence electrons. The molecule has 0 fully saturated rings. The van der Waals surface area contributed by atoms with Crippen molar-refractivity contribution in [3.05, 3.63) is 0 Å². The van der Waals surface area contributed by atoms with Crippen molar-refractivity contribution in [3.8, 4) is 0 Å². The van der Waals surface area contributed by atoms with E-state index in [1.165, 1.54) is 37.7 Å². The van der Waals surface area contributed by atoms with Gasteiger partial charge in [-0.25, -0.2) is 0 Å². The number of carboxylic acids is 1. The van der Waals surface area contributed by atoms with Crippen molar-refractivity contribution in [3.63, 3.8) is 0 Å². The van der Waals surface area contributed by atoms with Crippen LogP contribution in [-0.4, -0.2) is 29.9 Å². The maximum Gasteiger partial charge on any atom is 1.00 e. The quantitative estimate of drug-likeness (QED) is 0.437. The molecule has 0 radical (unpaired) electrons. The number of hydrogen-bond acceptors (Lipinski definition) is 2. The predicted molar refractivity (Wildman–Crippen MR) is 66.7 cm³/mol. The van der Waals surface area contributed by atoms with E-state index in [2.05, 4.69) is 20.8 Å². The topological polar surface area (TPSA) is 71.6 Å². The number of carbonyl (C=O) groups excluding carboxylic acids is 1. The van der Waals surface area contributed by atoms with Crippen LogP contribution in [-0.2, 0) is 4.79 Å². The zero-order chi connectivity index (χ0) is 11.4. The van der Waals surface area contributed by atoms with Crippen LogP contribution in [0, 0.1) is 0 Å². The van der Waals surface area contributed by atoms with Crippen molar-refractivity contribution >= 4 is 13.9 Å². The van der Waals surface area contributed by atoms with Crippen molar-refractivity contribution in [1.29, 1.82) is 0 Å². The SMILES string of the molecule is CC(=O)[O-].CCCP(CCC)CCC.O.[Na+]. The van der Waals surface area contributed by atoms with Gasteiger partial charge >= 0.3 is 29.6 Å². The summed E-state index contributed by atoms with van der Waals surface area (Å²) in [4.78, 5) is 8.89. The third kappa shape index (κ3) is 29.4. The fourth-order valence-electron chi connectivity index (χ4n) is 1.28. The smallest absolute Gasteiger partial charge is 0.550 e. The number of aliphatic carboxylic acids is 1. The maximum absolute atomic E-state index is 8.89. The molecule has 0 spiro atoms. The van der Waals surface area contributed by atoms with E-state index in [9.17, 15) is 0 Å². The number of carbonyl (C=O) groups is 1. The minimum atomic E-state index is -1.08. The van der Waals surface area contributed by atoms with Crippen molar-refractivity contribution in [2.45, 2.75) is 47.0 Å². The van der Waals surface area contributed by atoms with E-state index in [1.807, 2.05) is 0 Å². The van der Waals surface area contributed by atoms with Gasteiger partial charge in [-0.05, 0) is 25.4 Å². The van der Waals surface area contributed by atoms with Crippen molar-refractivity contribution in [1.82, 2.24) is 0 Å². The third-order valence-electron chi connectivity index (χ3n) is 1.62. The van der Waals surface area contributed by atoms with Crippen LogP contribution in [0.4, 0.5) is 0 Å². The summed E-state index contributed by atoms with van der Waals surface area (Å²) in [5.74, 6) is -1.08. The summed E-state index contributed by atoms with van der Waals surface area (Å²) >= 11 is 0. The first-order chi connectivity index (χ1) is 6.58. The van der Waals surface area contributed by atoms with Gasteiger partial charge in [0.05, 0.1) is 0 Å². The van der Waals surface area contributed by atoms with Crippen molar-refractivity contribution in [2.75, 3.05) is 18.5 Å². The molecule has 0 aromatic carbocycles. The summed E-state index contributed by atoms with van der Waals surface area (Å²) in [6.07, 6.45) is 8.72. The zero-order valence-electron chi connectivity index (χ0n) is 11.5. The Morgan fingerprint density at radius 3 is 1.31 bits per heavy atom. The van der Waals surface area contributed by atoms with E-state index in [0.717, 1.165) is 6.92 Å². The number of hydrogen-bond donors (Lipinski definition) is 0. The van der Waals surface area contributed by atoms with Crippen LogP contribution in [0.25, 0.3) is 0 Å².